The molecule has 1 aromatic carbocycles. The van der Waals surface area contributed by atoms with Crippen LogP contribution in [0.15, 0.2) is 55.0 Å². The van der Waals surface area contributed by atoms with Gasteiger partial charge in [-0.2, -0.15) is 13.2 Å². The van der Waals surface area contributed by atoms with E-state index >= 15 is 0 Å². The molecule has 0 aliphatic carbocycles. The quantitative estimate of drug-likeness (QED) is 0.624. The fourth-order valence-corrected chi connectivity index (χ4v) is 2.63. The minimum atomic E-state index is -4.55. The number of alkyl halides is 3. The van der Waals surface area contributed by atoms with Crippen LogP contribution in [0.1, 0.15) is 34.6 Å². The molecule has 0 radical (unpaired) electrons. The number of aromatic nitrogens is 2. The van der Waals surface area contributed by atoms with Crippen molar-refractivity contribution >= 4 is 5.91 Å². The Balaban J connectivity index is 1.77. The summed E-state index contributed by atoms with van der Waals surface area (Å²) >= 11 is 0. The molecule has 0 saturated carbocycles. The van der Waals surface area contributed by atoms with Crippen molar-refractivity contribution in [2.24, 2.45) is 0 Å². The molecule has 0 fully saturated rings. The second-order valence-electron chi connectivity index (χ2n) is 6.26. The van der Waals surface area contributed by atoms with Gasteiger partial charge < -0.3 is 5.32 Å². The summed E-state index contributed by atoms with van der Waals surface area (Å²) in [5.41, 5.74) is -0.191. The molecule has 3 rings (SSSR count). The molecule has 0 spiro atoms. The molecular formula is C20H14F5N3O. The predicted molar refractivity (Wildman–Crippen MR) is 94.7 cm³/mol. The largest absolute Gasteiger partial charge is 0.433 e. The van der Waals surface area contributed by atoms with Crippen molar-refractivity contribution in [2.45, 2.75) is 19.1 Å². The van der Waals surface area contributed by atoms with Gasteiger partial charge in [-0.1, -0.05) is 6.07 Å². The van der Waals surface area contributed by atoms with E-state index in [4.69, 9.17) is 0 Å². The van der Waals surface area contributed by atoms with E-state index in [-0.39, 0.29) is 16.7 Å². The maximum absolute atomic E-state index is 14.0. The summed E-state index contributed by atoms with van der Waals surface area (Å²) in [5, 5.41) is 2.62. The predicted octanol–water partition coefficient (Wildman–Crippen LogP) is 4.93. The fourth-order valence-electron chi connectivity index (χ4n) is 2.63. The van der Waals surface area contributed by atoms with E-state index in [2.05, 4.69) is 15.3 Å². The number of carbonyl (C=O) groups is 1. The van der Waals surface area contributed by atoms with Crippen molar-refractivity contribution in [3.05, 3.63) is 83.4 Å². The maximum atomic E-state index is 14.0. The van der Waals surface area contributed by atoms with Gasteiger partial charge in [0, 0.05) is 35.8 Å². The summed E-state index contributed by atoms with van der Waals surface area (Å²) in [6.07, 6.45) is -0.919. The number of nitrogens with one attached hydrogen (secondary N) is 1. The molecule has 2 aromatic heterocycles. The fraction of sp³-hybridized carbons (Fsp3) is 0.150. The molecule has 9 heteroatoms. The lowest BCUT2D eigenvalue weighted by Crippen LogP contribution is -2.27. The summed E-state index contributed by atoms with van der Waals surface area (Å²) in [5.74, 6) is -2.09. The molecule has 0 saturated heterocycles. The van der Waals surface area contributed by atoms with E-state index in [0.29, 0.717) is 5.56 Å². The maximum Gasteiger partial charge on any atom is 0.433 e. The van der Waals surface area contributed by atoms with Crippen LogP contribution in [0.3, 0.4) is 0 Å². The molecule has 0 unspecified atom stereocenters. The Bertz CT molecular complexity index is 1040. The van der Waals surface area contributed by atoms with Gasteiger partial charge >= 0.3 is 6.18 Å². The molecule has 150 valence electrons. The van der Waals surface area contributed by atoms with Crippen LogP contribution in [0.25, 0.3) is 11.1 Å². The molecule has 1 atom stereocenters. The monoisotopic (exact) mass is 407 g/mol. The van der Waals surface area contributed by atoms with Gasteiger partial charge in [0.25, 0.3) is 5.91 Å². The molecule has 0 aliphatic rings. The van der Waals surface area contributed by atoms with E-state index in [1.165, 1.54) is 30.6 Å². The van der Waals surface area contributed by atoms with E-state index in [0.717, 1.165) is 24.4 Å². The van der Waals surface area contributed by atoms with Gasteiger partial charge in [-0.15, -0.1) is 0 Å². The molecule has 2 heterocycles. The lowest BCUT2D eigenvalue weighted by molar-refractivity contribution is -0.141. The van der Waals surface area contributed by atoms with Crippen LogP contribution in [0.5, 0.6) is 0 Å². The second-order valence-corrected chi connectivity index (χ2v) is 6.26. The van der Waals surface area contributed by atoms with E-state index in [9.17, 15) is 26.7 Å². The van der Waals surface area contributed by atoms with Gasteiger partial charge in [-0.3, -0.25) is 14.8 Å². The number of hydrogen-bond acceptors (Lipinski definition) is 3. The zero-order valence-corrected chi connectivity index (χ0v) is 15.0. The Hall–Kier alpha value is -3.36. The first-order valence-corrected chi connectivity index (χ1v) is 8.39. The first-order valence-electron chi connectivity index (χ1n) is 8.39. The van der Waals surface area contributed by atoms with Gasteiger partial charge in [0.15, 0.2) is 0 Å². The summed E-state index contributed by atoms with van der Waals surface area (Å²) in [7, 11) is 0. The van der Waals surface area contributed by atoms with Crippen molar-refractivity contribution in [1.29, 1.82) is 0 Å². The topological polar surface area (TPSA) is 54.9 Å². The highest BCUT2D eigenvalue weighted by molar-refractivity contribution is 5.95. The van der Waals surface area contributed by atoms with Crippen molar-refractivity contribution in [3.63, 3.8) is 0 Å². The highest BCUT2D eigenvalue weighted by Gasteiger charge is 2.32. The van der Waals surface area contributed by atoms with Crippen LogP contribution in [-0.2, 0) is 6.18 Å². The number of benzene rings is 1. The smallest absolute Gasteiger partial charge is 0.345 e. The average molecular weight is 407 g/mol. The lowest BCUT2D eigenvalue weighted by Gasteiger charge is -2.15. The average Bonchev–Trinajstić information content (AvgIpc) is 2.67. The van der Waals surface area contributed by atoms with Gasteiger partial charge in [-0.05, 0) is 36.8 Å². The van der Waals surface area contributed by atoms with Crippen molar-refractivity contribution in [1.82, 2.24) is 15.3 Å². The molecule has 3 aromatic rings. The standard InChI is InChI=1S/C20H14F5N3O/c1-11(12-2-5-18(27-10-12)20(23,24)25)28-19(29)14-6-13(8-26-9-14)16-4-3-15(21)7-17(16)22/h2-11H,1H3,(H,28,29)/t11-/m1/s1. The number of pyridine rings is 2. The summed E-state index contributed by atoms with van der Waals surface area (Å²) in [4.78, 5) is 19.7. The van der Waals surface area contributed by atoms with Gasteiger partial charge in [0.1, 0.15) is 17.3 Å². The number of carbonyl (C=O) groups excluding carboxylic acids is 1. The molecular weight excluding hydrogens is 393 g/mol. The minimum Gasteiger partial charge on any atom is -0.345 e. The highest BCUT2D eigenvalue weighted by atomic mass is 19.4. The number of halogens is 5. The number of hydrogen-bond donors (Lipinski definition) is 1. The Morgan fingerprint density at radius 1 is 1.03 bits per heavy atom. The second kappa shape index (κ2) is 7.94. The van der Waals surface area contributed by atoms with Crippen LogP contribution in [0, 0.1) is 11.6 Å². The summed E-state index contributed by atoms with van der Waals surface area (Å²) < 4.78 is 64.8. The molecule has 29 heavy (non-hydrogen) atoms. The molecule has 4 nitrogen and oxygen atoms in total. The van der Waals surface area contributed by atoms with Crippen LogP contribution >= 0.6 is 0 Å². The normalized spacial score (nSPS) is 12.5. The SMILES string of the molecule is C[C@@H](NC(=O)c1cncc(-c2ccc(F)cc2F)c1)c1ccc(C(F)(F)F)nc1. The Morgan fingerprint density at radius 2 is 1.79 bits per heavy atom. The first-order chi connectivity index (χ1) is 13.6. The molecule has 0 aliphatic heterocycles. The van der Waals surface area contributed by atoms with E-state index < -0.39 is 35.5 Å². The molecule has 0 bridgehead atoms. The third-order valence-electron chi connectivity index (χ3n) is 4.17. The zero-order chi connectivity index (χ0) is 21.2. The summed E-state index contributed by atoms with van der Waals surface area (Å²) in [6, 6.07) is 5.85. The van der Waals surface area contributed by atoms with Crippen molar-refractivity contribution < 1.29 is 26.7 Å². The minimum absolute atomic E-state index is 0.0773. The Labute approximate surface area is 162 Å². The molecule has 1 N–H and O–H groups in total. The molecule has 1 amide bonds. The Kier molecular flexibility index (Phi) is 5.58. The van der Waals surface area contributed by atoms with Crippen molar-refractivity contribution in [3.8, 4) is 11.1 Å². The summed E-state index contributed by atoms with van der Waals surface area (Å²) in [6.45, 7) is 1.58. The van der Waals surface area contributed by atoms with Gasteiger partial charge in [0.05, 0.1) is 11.6 Å². The number of amides is 1. The third kappa shape index (κ3) is 4.74. The zero-order valence-electron chi connectivity index (χ0n) is 15.0. The van der Waals surface area contributed by atoms with Crippen LogP contribution < -0.4 is 5.32 Å². The van der Waals surface area contributed by atoms with Crippen LogP contribution in [-0.4, -0.2) is 15.9 Å². The third-order valence-corrected chi connectivity index (χ3v) is 4.17. The lowest BCUT2D eigenvalue weighted by atomic mass is 10.0. The van der Waals surface area contributed by atoms with Crippen molar-refractivity contribution in [2.75, 3.05) is 0 Å². The first kappa shape index (κ1) is 20.4. The van der Waals surface area contributed by atoms with Crippen LogP contribution in [0.2, 0.25) is 0 Å². The van der Waals surface area contributed by atoms with E-state index in [1.54, 1.807) is 6.92 Å². The number of nitrogens with zero attached hydrogens (tertiary/aromatic N) is 2. The highest BCUT2D eigenvalue weighted by Crippen LogP contribution is 2.28. The Morgan fingerprint density at radius 3 is 2.41 bits per heavy atom. The number of rotatable bonds is 4. The van der Waals surface area contributed by atoms with Gasteiger partial charge in [0.2, 0.25) is 0 Å². The van der Waals surface area contributed by atoms with Crippen LogP contribution in [0.4, 0.5) is 22.0 Å². The van der Waals surface area contributed by atoms with E-state index in [1.807, 2.05) is 0 Å². The van der Waals surface area contributed by atoms with Gasteiger partial charge in [-0.25, -0.2) is 8.78 Å².